The second-order valence-electron chi connectivity index (χ2n) is 7.74. The lowest BCUT2D eigenvalue weighted by Gasteiger charge is -2.10. The average molecular weight is 502 g/mol. The third-order valence-corrected chi connectivity index (χ3v) is 6.23. The maximum atomic E-state index is 13.0. The van der Waals surface area contributed by atoms with Crippen molar-refractivity contribution in [3.63, 3.8) is 0 Å². The molecule has 0 aliphatic rings. The van der Waals surface area contributed by atoms with Crippen LogP contribution in [0.4, 0.5) is 13.2 Å². The van der Waals surface area contributed by atoms with E-state index in [2.05, 4.69) is 15.4 Å². The van der Waals surface area contributed by atoms with E-state index in [0.29, 0.717) is 36.5 Å². The summed E-state index contributed by atoms with van der Waals surface area (Å²) in [7, 11) is 0. The van der Waals surface area contributed by atoms with Gasteiger partial charge in [-0.3, -0.25) is 14.2 Å². The summed E-state index contributed by atoms with van der Waals surface area (Å²) in [5.41, 5.74) is -0.487. The van der Waals surface area contributed by atoms with E-state index in [9.17, 15) is 22.8 Å². The van der Waals surface area contributed by atoms with E-state index in [4.69, 9.17) is 0 Å². The van der Waals surface area contributed by atoms with Crippen molar-refractivity contribution in [2.24, 2.45) is 0 Å². The minimum Gasteiger partial charge on any atom is -0.354 e. The third-order valence-electron chi connectivity index (χ3n) is 5.22. The fourth-order valence-electron chi connectivity index (χ4n) is 3.48. The van der Waals surface area contributed by atoms with Crippen molar-refractivity contribution in [1.29, 1.82) is 0 Å². The van der Waals surface area contributed by atoms with Crippen LogP contribution < -0.4 is 10.9 Å². The van der Waals surface area contributed by atoms with Crippen LogP contribution >= 0.6 is 11.8 Å². The highest BCUT2D eigenvalue weighted by Crippen LogP contribution is 2.29. The fourth-order valence-corrected chi connectivity index (χ4v) is 4.36. The van der Waals surface area contributed by atoms with Gasteiger partial charge in [0.1, 0.15) is 11.7 Å². The maximum absolute atomic E-state index is 13.0. The molecule has 4 rings (SSSR count). The Bertz CT molecular complexity index is 1370. The van der Waals surface area contributed by atoms with Gasteiger partial charge in [-0.2, -0.15) is 18.3 Å². The Morgan fingerprint density at radius 3 is 2.66 bits per heavy atom. The molecule has 1 N–H and O–H groups in total. The summed E-state index contributed by atoms with van der Waals surface area (Å²) in [4.78, 5) is 30.3. The molecule has 0 saturated carbocycles. The van der Waals surface area contributed by atoms with Gasteiger partial charge in [-0.15, -0.1) is 11.8 Å². The second-order valence-corrected chi connectivity index (χ2v) is 8.91. The van der Waals surface area contributed by atoms with E-state index in [-0.39, 0.29) is 17.8 Å². The zero-order valence-electron chi connectivity index (χ0n) is 18.5. The van der Waals surface area contributed by atoms with E-state index >= 15 is 0 Å². The molecule has 4 aromatic rings. The standard InChI is InChI=1S/C24H22F3N5O2S/c25-24(26,27)18-6-4-5-17(13-18)15-31-16-29-22-20(23(31)34)14-30-32(22)11-10-28-21(33)9-12-35-19-7-2-1-3-8-19/h1-8,13-14,16H,9-12,15H2,(H,28,33). The topological polar surface area (TPSA) is 81.8 Å². The van der Waals surface area contributed by atoms with Crippen LogP contribution in [0.1, 0.15) is 17.5 Å². The predicted octanol–water partition coefficient (Wildman–Crippen LogP) is 3.96. The van der Waals surface area contributed by atoms with Crippen LogP contribution in [0.15, 0.2) is 76.8 Å². The van der Waals surface area contributed by atoms with Gasteiger partial charge in [0.25, 0.3) is 5.56 Å². The Balaban J connectivity index is 1.34. The van der Waals surface area contributed by atoms with Crippen molar-refractivity contribution in [1.82, 2.24) is 24.6 Å². The molecule has 0 fully saturated rings. The van der Waals surface area contributed by atoms with Gasteiger partial charge in [-0.1, -0.05) is 30.3 Å². The van der Waals surface area contributed by atoms with Crippen LogP contribution in [0.25, 0.3) is 11.0 Å². The van der Waals surface area contributed by atoms with E-state index in [1.165, 1.54) is 33.9 Å². The molecule has 1 amide bonds. The maximum Gasteiger partial charge on any atom is 0.416 e. The van der Waals surface area contributed by atoms with Crippen molar-refractivity contribution in [2.45, 2.75) is 30.6 Å². The van der Waals surface area contributed by atoms with Gasteiger partial charge in [-0.25, -0.2) is 9.67 Å². The summed E-state index contributed by atoms with van der Waals surface area (Å²) in [6.45, 7) is 0.597. The van der Waals surface area contributed by atoms with Gasteiger partial charge >= 0.3 is 6.18 Å². The molecule has 7 nitrogen and oxygen atoms in total. The first-order valence-corrected chi connectivity index (χ1v) is 11.8. The summed E-state index contributed by atoms with van der Waals surface area (Å²) in [6, 6.07) is 14.7. The number of fused-ring (bicyclic) bond motifs is 1. The molecular weight excluding hydrogens is 479 g/mol. The number of carbonyl (C=O) groups is 1. The predicted molar refractivity (Wildman–Crippen MR) is 127 cm³/mol. The van der Waals surface area contributed by atoms with Crippen LogP contribution in [0.2, 0.25) is 0 Å². The number of amides is 1. The molecule has 0 spiro atoms. The number of nitrogens with one attached hydrogen (secondary N) is 1. The van der Waals surface area contributed by atoms with Crippen LogP contribution in [0, 0.1) is 0 Å². The summed E-state index contributed by atoms with van der Waals surface area (Å²) in [5.74, 6) is 0.578. The van der Waals surface area contributed by atoms with Crippen LogP contribution in [0.3, 0.4) is 0 Å². The zero-order valence-corrected chi connectivity index (χ0v) is 19.4. The van der Waals surface area contributed by atoms with Crippen molar-refractivity contribution in [3.05, 3.63) is 88.6 Å². The molecule has 0 radical (unpaired) electrons. The lowest BCUT2D eigenvalue weighted by molar-refractivity contribution is -0.137. The first-order valence-electron chi connectivity index (χ1n) is 10.8. The van der Waals surface area contributed by atoms with E-state index in [0.717, 1.165) is 17.0 Å². The third kappa shape index (κ3) is 6.30. The molecule has 0 saturated heterocycles. The number of alkyl halides is 3. The summed E-state index contributed by atoms with van der Waals surface area (Å²) < 4.78 is 41.6. The summed E-state index contributed by atoms with van der Waals surface area (Å²) in [5, 5.41) is 7.27. The Morgan fingerprint density at radius 2 is 1.89 bits per heavy atom. The second kappa shape index (κ2) is 10.8. The Morgan fingerprint density at radius 1 is 1.09 bits per heavy atom. The van der Waals surface area contributed by atoms with Crippen LogP contribution in [-0.2, 0) is 24.1 Å². The van der Waals surface area contributed by atoms with Gasteiger partial charge in [0, 0.05) is 23.6 Å². The molecule has 35 heavy (non-hydrogen) atoms. The number of rotatable bonds is 9. The van der Waals surface area contributed by atoms with Gasteiger partial charge in [0.2, 0.25) is 5.91 Å². The highest BCUT2D eigenvalue weighted by Gasteiger charge is 2.30. The number of halogens is 3. The van der Waals surface area contributed by atoms with Gasteiger partial charge in [0.15, 0.2) is 5.65 Å². The highest BCUT2D eigenvalue weighted by atomic mass is 32.2. The smallest absolute Gasteiger partial charge is 0.354 e. The minimum atomic E-state index is -4.46. The monoisotopic (exact) mass is 501 g/mol. The number of carbonyl (C=O) groups excluding carboxylic acids is 1. The van der Waals surface area contributed by atoms with E-state index < -0.39 is 17.3 Å². The number of hydrogen-bond donors (Lipinski definition) is 1. The molecule has 0 aliphatic carbocycles. The number of benzene rings is 2. The van der Waals surface area contributed by atoms with Crippen molar-refractivity contribution >= 4 is 28.7 Å². The lowest BCUT2D eigenvalue weighted by Crippen LogP contribution is -2.28. The molecule has 2 aromatic carbocycles. The number of hydrogen-bond acceptors (Lipinski definition) is 5. The van der Waals surface area contributed by atoms with Gasteiger partial charge in [0.05, 0.1) is 24.8 Å². The van der Waals surface area contributed by atoms with E-state index in [1.54, 1.807) is 11.8 Å². The number of thioether (sulfide) groups is 1. The molecule has 0 atom stereocenters. The van der Waals surface area contributed by atoms with Gasteiger partial charge < -0.3 is 5.32 Å². The highest BCUT2D eigenvalue weighted by molar-refractivity contribution is 7.99. The molecule has 2 heterocycles. The molecule has 2 aromatic heterocycles. The molecular formula is C24H22F3N5O2S. The summed E-state index contributed by atoms with van der Waals surface area (Å²) >= 11 is 1.61. The number of nitrogens with zero attached hydrogens (tertiary/aromatic N) is 4. The minimum absolute atomic E-state index is 0.0477. The quantitative estimate of drug-likeness (QED) is 0.351. The largest absolute Gasteiger partial charge is 0.416 e. The molecule has 182 valence electrons. The summed E-state index contributed by atoms with van der Waals surface area (Å²) in [6.07, 6.45) is -1.41. The molecule has 0 aliphatic heterocycles. The Kier molecular flexibility index (Phi) is 7.54. The van der Waals surface area contributed by atoms with Gasteiger partial charge in [-0.05, 0) is 29.8 Å². The van der Waals surface area contributed by atoms with E-state index in [1.807, 2.05) is 30.3 Å². The Labute approximate surface area is 203 Å². The first kappa shape index (κ1) is 24.5. The van der Waals surface area contributed by atoms with Crippen molar-refractivity contribution in [3.8, 4) is 0 Å². The molecule has 0 unspecified atom stereocenters. The van der Waals surface area contributed by atoms with Crippen molar-refractivity contribution < 1.29 is 18.0 Å². The zero-order chi connectivity index (χ0) is 24.8. The fraction of sp³-hybridized carbons (Fsp3) is 0.250. The average Bonchev–Trinajstić information content (AvgIpc) is 3.25. The first-order chi connectivity index (χ1) is 16.8. The SMILES string of the molecule is O=C(CCSc1ccccc1)NCCn1ncc2c(=O)n(Cc3cccc(C(F)(F)F)c3)cnc21. The lowest BCUT2D eigenvalue weighted by atomic mass is 10.1. The Hall–Kier alpha value is -3.60. The molecule has 11 heteroatoms. The normalized spacial score (nSPS) is 11.6. The van der Waals surface area contributed by atoms with Crippen molar-refractivity contribution in [2.75, 3.05) is 12.3 Å². The van der Waals surface area contributed by atoms with Crippen LogP contribution in [-0.4, -0.2) is 37.5 Å². The van der Waals surface area contributed by atoms with Crippen LogP contribution in [0.5, 0.6) is 0 Å². The number of aromatic nitrogens is 4. The molecule has 0 bridgehead atoms.